The number of hydrogen-bond donors (Lipinski definition) is 0. The normalized spacial score (nSPS) is 32.1. The van der Waals surface area contributed by atoms with Crippen LogP contribution in [0.25, 0.3) is 0 Å². The maximum Gasteiger partial charge on any atom is 0.230 e. The van der Waals surface area contributed by atoms with Crippen molar-refractivity contribution in [2.24, 2.45) is 17.8 Å². The topological polar surface area (TPSA) is 72.0 Å². The molecule has 0 saturated carbocycles. The van der Waals surface area contributed by atoms with Crippen LogP contribution >= 0.6 is 0 Å². The second kappa shape index (κ2) is 7.38. The van der Waals surface area contributed by atoms with Gasteiger partial charge >= 0.3 is 0 Å². The fraction of sp³-hybridized carbons (Fsp3) is 0.609. The van der Waals surface area contributed by atoms with Gasteiger partial charge in [-0.1, -0.05) is 38.8 Å². The van der Waals surface area contributed by atoms with E-state index in [4.69, 9.17) is 9.47 Å². The second-order valence-electron chi connectivity index (χ2n) is 8.97. The van der Waals surface area contributed by atoms with E-state index in [0.717, 1.165) is 19.4 Å². The Balaban J connectivity index is 1.25. The molecular formula is C23H29N3O4. The van der Waals surface area contributed by atoms with E-state index in [1.807, 2.05) is 29.2 Å². The molecule has 30 heavy (non-hydrogen) atoms. The average molecular weight is 412 g/mol. The van der Waals surface area contributed by atoms with Crippen molar-refractivity contribution in [1.82, 2.24) is 14.8 Å². The van der Waals surface area contributed by atoms with Gasteiger partial charge < -0.3 is 19.3 Å². The number of ether oxygens (including phenoxy) is 2. The van der Waals surface area contributed by atoms with E-state index in [9.17, 15) is 9.59 Å². The molecule has 4 aliphatic heterocycles. The molecule has 4 aliphatic rings. The molecule has 3 fully saturated rings. The van der Waals surface area contributed by atoms with Gasteiger partial charge in [-0.05, 0) is 18.1 Å². The predicted molar refractivity (Wildman–Crippen MR) is 110 cm³/mol. The predicted octanol–water partition coefficient (Wildman–Crippen LogP) is 1.89. The molecule has 0 radical (unpaired) electrons. The summed E-state index contributed by atoms with van der Waals surface area (Å²) in [5, 5.41) is 0. The highest BCUT2D eigenvalue weighted by Crippen LogP contribution is 2.52. The third kappa shape index (κ3) is 3.02. The summed E-state index contributed by atoms with van der Waals surface area (Å²) in [6.45, 7) is 6.71. The Morgan fingerprint density at radius 3 is 2.87 bits per heavy atom. The Morgan fingerprint density at radius 1 is 1.37 bits per heavy atom. The van der Waals surface area contributed by atoms with Crippen LogP contribution in [-0.4, -0.2) is 70.6 Å². The first kappa shape index (κ1) is 19.5. The summed E-state index contributed by atoms with van der Waals surface area (Å²) < 4.78 is 12.1. The molecule has 0 N–H and O–H groups in total. The van der Waals surface area contributed by atoms with Crippen LogP contribution in [0, 0.1) is 17.8 Å². The molecule has 1 spiro atoms. The SMILES string of the molecule is CCC(CC)CN1C[C@@]23C=C[C@@H](O2)C(C(=O)N2CC(Oc4cccnc4)C2)C3C1=O. The summed E-state index contributed by atoms with van der Waals surface area (Å²) in [5.74, 6) is 0.472. The highest BCUT2D eigenvalue weighted by molar-refractivity contribution is 5.93. The molecule has 5 heterocycles. The zero-order valence-electron chi connectivity index (χ0n) is 17.6. The maximum atomic E-state index is 13.3. The van der Waals surface area contributed by atoms with Crippen molar-refractivity contribution < 1.29 is 19.1 Å². The van der Waals surface area contributed by atoms with Crippen LogP contribution in [0.2, 0.25) is 0 Å². The number of rotatable bonds is 7. The number of fused-ring (bicyclic) bond motifs is 1. The van der Waals surface area contributed by atoms with Gasteiger partial charge in [0.15, 0.2) is 0 Å². The third-order valence-electron chi connectivity index (χ3n) is 7.19. The van der Waals surface area contributed by atoms with Crippen LogP contribution < -0.4 is 4.74 Å². The number of carbonyl (C=O) groups excluding carboxylic acids is 2. The van der Waals surface area contributed by atoms with E-state index >= 15 is 0 Å². The standard InChI is InChI=1S/C23H29N3O4/c1-3-15(4-2)11-26-14-23-8-7-18(30-23)19(20(23)22(26)28)21(27)25-12-17(13-25)29-16-6-5-9-24-10-16/h5-10,15,17-20H,3-4,11-14H2,1-2H3/t18-,19?,20?,23-/m1/s1. The smallest absolute Gasteiger partial charge is 0.230 e. The summed E-state index contributed by atoms with van der Waals surface area (Å²) in [4.78, 5) is 34.4. The van der Waals surface area contributed by atoms with Crippen LogP contribution in [-0.2, 0) is 14.3 Å². The van der Waals surface area contributed by atoms with Crippen LogP contribution in [0.1, 0.15) is 26.7 Å². The number of amides is 2. The second-order valence-corrected chi connectivity index (χ2v) is 8.97. The van der Waals surface area contributed by atoms with E-state index in [2.05, 4.69) is 18.8 Å². The minimum atomic E-state index is -0.620. The van der Waals surface area contributed by atoms with Gasteiger partial charge in [-0.2, -0.15) is 0 Å². The summed E-state index contributed by atoms with van der Waals surface area (Å²) in [6, 6.07) is 3.69. The highest BCUT2D eigenvalue weighted by atomic mass is 16.5. The molecule has 1 aromatic heterocycles. The van der Waals surface area contributed by atoms with Crippen molar-refractivity contribution in [3.05, 3.63) is 36.7 Å². The lowest BCUT2D eigenvalue weighted by atomic mass is 9.76. The van der Waals surface area contributed by atoms with Crippen molar-refractivity contribution in [1.29, 1.82) is 0 Å². The fourth-order valence-electron chi connectivity index (χ4n) is 5.39. The molecule has 2 amide bonds. The molecule has 2 bridgehead atoms. The summed E-state index contributed by atoms with van der Waals surface area (Å²) in [7, 11) is 0. The van der Waals surface area contributed by atoms with Crippen LogP contribution in [0.15, 0.2) is 36.7 Å². The zero-order valence-corrected chi connectivity index (χ0v) is 17.6. The monoisotopic (exact) mass is 411 g/mol. The number of aromatic nitrogens is 1. The first-order valence-corrected chi connectivity index (χ1v) is 11.1. The average Bonchev–Trinajstić information content (AvgIpc) is 3.37. The van der Waals surface area contributed by atoms with E-state index in [-0.39, 0.29) is 24.0 Å². The number of hydrogen-bond acceptors (Lipinski definition) is 5. The summed E-state index contributed by atoms with van der Waals surface area (Å²) in [6.07, 6.45) is 9.16. The maximum absolute atomic E-state index is 13.3. The largest absolute Gasteiger partial charge is 0.485 e. The van der Waals surface area contributed by atoms with E-state index in [1.54, 1.807) is 17.3 Å². The van der Waals surface area contributed by atoms with Gasteiger partial charge in [-0.15, -0.1) is 0 Å². The van der Waals surface area contributed by atoms with E-state index in [0.29, 0.717) is 31.3 Å². The minimum absolute atomic E-state index is 0.0139. The van der Waals surface area contributed by atoms with Gasteiger partial charge in [0.05, 0.1) is 43.8 Å². The Kier molecular flexibility index (Phi) is 4.81. The van der Waals surface area contributed by atoms with Gasteiger partial charge in [-0.25, -0.2) is 0 Å². The fourth-order valence-corrected chi connectivity index (χ4v) is 5.39. The lowest BCUT2D eigenvalue weighted by Gasteiger charge is -2.41. The Bertz CT molecular complexity index is 849. The summed E-state index contributed by atoms with van der Waals surface area (Å²) in [5.41, 5.74) is -0.620. The molecule has 0 aromatic carbocycles. The molecule has 7 heteroatoms. The highest BCUT2D eigenvalue weighted by Gasteiger charge is 2.67. The third-order valence-corrected chi connectivity index (χ3v) is 7.19. The van der Waals surface area contributed by atoms with Gasteiger partial charge in [0.2, 0.25) is 11.8 Å². The van der Waals surface area contributed by atoms with Crippen molar-refractivity contribution >= 4 is 11.8 Å². The molecule has 5 rings (SSSR count). The Labute approximate surface area is 177 Å². The molecule has 160 valence electrons. The van der Waals surface area contributed by atoms with Crippen LogP contribution in [0.5, 0.6) is 5.75 Å². The summed E-state index contributed by atoms with van der Waals surface area (Å²) >= 11 is 0. The minimum Gasteiger partial charge on any atom is -0.485 e. The molecule has 7 nitrogen and oxygen atoms in total. The van der Waals surface area contributed by atoms with E-state index in [1.165, 1.54) is 0 Å². The Hall–Kier alpha value is -2.41. The molecule has 2 unspecified atom stereocenters. The number of carbonyl (C=O) groups is 2. The van der Waals surface area contributed by atoms with Gasteiger partial charge in [0, 0.05) is 12.7 Å². The number of pyridine rings is 1. The Morgan fingerprint density at radius 2 is 2.17 bits per heavy atom. The van der Waals surface area contributed by atoms with E-state index < -0.39 is 17.4 Å². The number of likely N-dealkylation sites (tertiary alicyclic amines) is 2. The van der Waals surface area contributed by atoms with Crippen molar-refractivity contribution in [2.45, 2.75) is 44.5 Å². The van der Waals surface area contributed by atoms with Gasteiger partial charge in [0.25, 0.3) is 0 Å². The van der Waals surface area contributed by atoms with Gasteiger partial charge in [0.1, 0.15) is 17.5 Å². The first-order valence-electron chi connectivity index (χ1n) is 11.1. The van der Waals surface area contributed by atoms with Crippen molar-refractivity contribution in [3.8, 4) is 5.75 Å². The molecule has 1 aromatic rings. The zero-order chi connectivity index (χ0) is 20.9. The number of nitrogens with zero attached hydrogens (tertiary/aromatic N) is 3. The molecular weight excluding hydrogens is 382 g/mol. The molecule has 3 saturated heterocycles. The van der Waals surface area contributed by atoms with Crippen molar-refractivity contribution in [3.63, 3.8) is 0 Å². The quantitative estimate of drug-likeness (QED) is 0.641. The first-order chi connectivity index (χ1) is 14.5. The molecule has 0 aliphatic carbocycles. The molecule has 4 atom stereocenters. The van der Waals surface area contributed by atoms with Crippen LogP contribution in [0.4, 0.5) is 0 Å². The van der Waals surface area contributed by atoms with Gasteiger partial charge in [-0.3, -0.25) is 14.6 Å². The van der Waals surface area contributed by atoms with Crippen molar-refractivity contribution in [2.75, 3.05) is 26.2 Å². The van der Waals surface area contributed by atoms with Crippen LogP contribution in [0.3, 0.4) is 0 Å². The lowest BCUT2D eigenvalue weighted by Crippen LogP contribution is -2.59. The lowest BCUT2D eigenvalue weighted by molar-refractivity contribution is -0.150.